The van der Waals surface area contributed by atoms with Crippen LogP contribution in [0, 0.1) is 0 Å². The normalized spacial score (nSPS) is 23.7. The van der Waals surface area contributed by atoms with Crippen molar-refractivity contribution in [1.29, 1.82) is 0 Å². The lowest BCUT2D eigenvalue weighted by Gasteiger charge is -2.23. The predicted octanol–water partition coefficient (Wildman–Crippen LogP) is 1.17. The highest BCUT2D eigenvalue weighted by molar-refractivity contribution is 5.20. The van der Waals surface area contributed by atoms with Crippen molar-refractivity contribution in [3.63, 3.8) is 0 Å². The van der Waals surface area contributed by atoms with Crippen LogP contribution in [-0.4, -0.2) is 36.3 Å². The first-order chi connectivity index (χ1) is 8.20. The molecule has 2 atom stereocenters. The molecule has 1 aliphatic heterocycles. The highest BCUT2D eigenvalue weighted by Crippen LogP contribution is 2.27. The molecule has 0 aromatic carbocycles. The molecule has 0 bridgehead atoms. The van der Waals surface area contributed by atoms with Gasteiger partial charge in [0.05, 0.1) is 31.1 Å². The number of aromatic amines is 1. The number of nitrogens with one attached hydrogen (secondary N) is 2. The summed E-state index contributed by atoms with van der Waals surface area (Å²) >= 11 is 0. The third kappa shape index (κ3) is 3.06. The van der Waals surface area contributed by atoms with E-state index in [1.165, 1.54) is 5.69 Å². The zero-order valence-corrected chi connectivity index (χ0v) is 10.7. The van der Waals surface area contributed by atoms with Crippen LogP contribution in [0.3, 0.4) is 0 Å². The van der Waals surface area contributed by atoms with E-state index < -0.39 is 0 Å². The van der Waals surface area contributed by atoms with Gasteiger partial charge in [-0.25, -0.2) is 4.98 Å². The fourth-order valence-corrected chi connectivity index (χ4v) is 2.18. The lowest BCUT2D eigenvalue weighted by atomic mass is 10.1. The second kappa shape index (κ2) is 5.62. The molecule has 5 heteroatoms. The zero-order valence-electron chi connectivity index (χ0n) is 10.7. The number of H-pyrrole nitrogens is 1. The summed E-state index contributed by atoms with van der Waals surface area (Å²) < 4.78 is 10.7. The van der Waals surface area contributed by atoms with Gasteiger partial charge in [0.15, 0.2) is 0 Å². The van der Waals surface area contributed by atoms with E-state index in [4.69, 9.17) is 9.47 Å². The Morgan fingerprint density at radius 3 is 3.12 bits per heavy atom. The summed E-state index contributed by atoms with van der Waals surface area (Å²) in [5.74, 6) is 0.982. The van der Waals surface area contributed by atoms with Crippen molar-refractivity contribution in [2.24, 2.45) is 0 Å². The van der Waals surface area contributed by atoms with Gasteiger partial charge in [0, 0.05) is 25.8 Å². The highest BCUT2D eigenvalue weighted by atomic mass is 16.5. The van der Waals surface area contributed by atoms with Crippen molar-refractivity contribution < 1.29 is 9.47 Å². The summed E-state index contributed by atoms with van der Waals surface area (Å²) in [6.45, 7) is 6.45. The topological polar surface area (TPSA) is 59.2 Å². The molecule has 96 valence electrons. The summed E-state index contributed by atoms with van der Waals surface area (Å²) in [4.78, 5) is 7.96. The molecule has 0 saturated heterocycles. The number of rotatable bonds is 5. The Kier molecular flexibility index (Phi) is 4.15. The first-order valence-electron chi connectivity index (χ1n) is 6.13. The number of aromatic nitrogens is 2. The average molecular weight is 239 g/mol. The highest BCUT2D eigenvalue weighted by Gasteiger charge is 2.25. The summed E-state index contributed by atoms with van der Waals surface area (Å²) in [5.41, 5.74) is 2.28. The summed E-state index contributed by atoms with van der Waals surface area (Å²) in [6.07, 6.45) is 1.29. The molecule has 5 nitrogen and oxygen atoms in total. The molecule has 0 fully saturated rings. The standard InChI is InChI=1S/C12H21N3O2/c1-8-6-10-12(9(2)17-8)15-11(14-10)7-13-4-5-16-3/h8-9,13H,4-7H2,1-3H3,(H,14,15). The average Bonchev–Trinajstić information content (AvgIpc) is 2.67. The SMILES string of the molecule is COCCNCc1nc2c([nH]1)CC(C)OC2C. The molecule has 1 aliphatic rings. The molecule has 0 saturated carbocycles. The van der Waals surface area contributed by atoms with Gasteiger partial charge in [-0.3, -0.25) is 0 Å². The fraction of sp³-hybridized carbons (Fsp3) is 0.750. The van der Waals surface area contributed by atoms with Gasteiger partial charge in [-0.2, -0.15) is 0 Å². The van der Waals surface area contributed by atoms with Crippen molar-refractivity contribution in [2.45, 2.75) is 39.0 Å². The molecule has 0 aliphatic carbocycles. The van der Waals surface area contributed by atoms with Gasteiger partial charge in [0.25, 0.3) is 0 Å². The Balaban J connectivity index is 1.95. The van der Waals surface area contributed by atoms with E-state index in [1.807, 2.05) is 0 Å². The van der Waals surface area contributed by atoms with Gasteiger partial charge in [0.1, 0.15) is 5.82 Å². The number of fused-ring (bicyclic) bond motifs is 1. The van der Waals surface area contributed by atoms with Crippen molar-refractivity contribution in [3.05, 3.63) is 17.2 Å². The van der Waals surface area contributed by atoms with Crippen LogP contribution in [0.1, 0.15) is 37.2 Å². The molecular weight excluding hydrogens is 218 g/mol. The molecule has 2 unspecified atom stereocenters. The van der Waals surface area contributed by atoms with Gasteiger partial charge in [-0.1, -0.05) is 0 Å². The minimum absolute atomic E-state index is 0.0951. The van der Waals surface area contributed by atoms with Crippen molar-refractivity contribution in [2.75, 3.05) is 20.3 Å². The van der Waals surface area contributed by atoms with Gasteiger partial charge < -0.3 is 19.8 Å². The maximum atomic E-state index is 5.75. The largest absolute Gasteiger partial charge is 0.383 e. The molecular formula is C12H21N3O2. The summed E-state index contributed by atoms with van der Waals surface area (Å²) in [7, 11) is 1.70. The third-order valence-corrected chi connectivity index (χ3v) is 2.95. The van der Waals surface area contributed by atoms with Crippen molar-refractivity contribution >= 4 is 0 Å². The molecule has 1 aromatic heterocycles. The molecule has 0 amide bonds. The number of ether oxygens (including phenoxy) is 2. The second-order valence-electron chi connectivity index (χ2n) is 4.51. The Bertz CT molecular complexity index is 365. The van der Waals surface area contributed by atoms with E-state index in [-0.39, 0.29) is 12.2 Å². The molecule has 1 aromatic rings. The van der Waals surface area contributed by atoms with Gasteiger partial charge in [-0.05, 0) is 13.8 Å². The van der Waals surface area contributed by atoms with Crippen LogP contribution < -0.4 is 5.32 Å². The first-order valence-corrected chi connectivity index (χ1v) is 6.13. The van der Waals surface area contributed by atoms with E-state index in [0.717, 1.165) is 37.6 Å². The minimum atomic E-state index is 0.0951. The third-order valence-electron chi connectivity index (χ3n) is 2.95. The Hall–Kier alpha value is -0.910. The van der Waals surface area contributed by atoms with Crippen LogP contribution >= 0.6 is 0 Å². The van der Waals surface area contributed by atoms with E-state index in [9.17, 15) is 0 Å². The molecule has 17 heavy (non-hydrogen) atoms. The predicted molar refractivity (Wildman–Crippen MR) is 64.8 cm³/mol. The monoisotopic (exact) mass is 239 g/mol. The van der Waals surface area contributed by atoms with E-state index in [0.29, 0.717) is 0 Å². The van der Waals surface area contributed by atoms with E-state index in [1.54, 1.807) is 7.11 Å². The molecule has 2 rings (SSSR count). The smallest absolute Gasteiger partial charge is 0.120 e. The summed E-state index contributed by atoms with van der Waals surface area (Å²) in [5, 5.41) is 3.28. The van der Waals surface area contributed by atoms with Gasteiger partial charge >= 0.3 is 0 Å². The van der Waals surface area contributed by atoms with Gasteiger partial charge in [-0.15, -0.1) is 0 Å². The van der Waals surface area contributed by atoms with Gasteiger partial charge in [0.2, 0.25) is 0 Å². The number of nitrogens with zero attached hydrogens (tertiary/aromatic N) is 1. The Morgan fingerprint density at radius 2 is 2.35 bits per heavy atom. The Labute approximate surface area is 102 Å². The molecule has 0 spiro atoms. The lowest BCUT2D eigenvalue weighted by molar-refractivity contribution is -0.00757. The van der Waals surface area contributed by atoms with E-state index in [2.05, 4.69) is 29.1 Å². The second-order valence-corrected chi connectivity index (χ2v) is 4.51. The minimum Gasteiger partial charge on any atom is -0.383 e. The fourth-order valence-electron chi connectivity index (χ4n) is 2.18. The van der Waals surface area contributed by atoms with Crippen LogP contribution in [-0.2, 0) is 22.4 Å². The van der Waals surface area contributed by atoms with Crippen LogP contribution in [0.25, 0.3) is 0 Å². The summed E-state index contributed by atoms with van der Waals surface area (Å²) in [6, 6.07) is 0. The van der Waals surface area contributed by atoms with Crippen LogP contribution in [0.2, 0.25) is 0 Å². The van der Waals surface area contributed by atoms with Crippen LogP contribution in [0.15, 0.2) is 0 Å². The Morgan fingerprint density at radius 1 is 1.53 bits per heavy atom. The first kappa shape index (κ1) is 12.5. The molecule has 0 radical (unpaired) electrons. The van der Waals surface area contributed by atoms with Crippen molar-refractivity contribution in [1.82, 2.24) is 15.3 Å². The molecule has 2 heterocycles. The number of methoxy groups -OCH3 is 1. The maximum absolute atomic E-state index is 5.75. The number of hydrogen-bond acceptors (Lipinski definition) is 4. The van der Waals surface area contributed by atoms with E-state index >= 15 is 0 Å². The van der Waals surface area contributed by atoms with Crippen molar-refractivity contribution in [3.8, 4) is 0 Å². The van der Waals surface area contributed by atoms with Crippen LogP contribution in [0.5, 0.6) is 0 Å². The molecule has 2 N–H and O–H groups in total. The maximum Gasteiger partial charge on any atom is 0.120 e. The zero-order chi connectivity index (χ0) is 12.3. The number of imidazole rings is 1. The van der Waals surface area contributed by atoms with Crippen LogP contribution in [0.4, 0.5) is 0 Å². The quantitative estimate of drug-likeness (QED) is 0.757. The number of hydrogen-bond donors (Lipinski definition) is 2. The lowest BCUT2D eigenvalue weighted by Crippen LogP contribution is -2.21.